The number of benzene rings is 1. The highest BCUT2D eigenvalue weighted by atomic mass is 35.5. The standard InChI is InChI=1S/C12H11Cl2FNO/c13-10-6-8(15)2-1-7(10)5-11(14)12(17)16-9-3-4-9/h1,6,9,11H,3-5H2,(H,16,17). The third-order valence-electron chi connectivity index (χ3n) is 2.55. The van der Waals surface area contributed by atoms with E-state index in [1.165, 1.54) is 12.1 Å². The monoisotopic (exact) mass is 274 g/mol. The van der Waals surface area contributed by atoms with Crippen LogP contribution in [0, 0.1) is 11.9 Å². The molecule has 0 saturated heterocycles. The molecule has 1 aromatic carbocycles. The topological polar surface area (TPSA) is 29.1 Å². The molecule has 1 saturated carbocycles. The number of nitrogens with one attached hydrogen (secondary N) is 1. The number of carbonyl (C=O) groups is 1. The van der Waals surface area contributed by atoms with Crippen LogP contribution in [0.25, 0.3) is 0 Å². The van der Waals surface area contributed by atoms with Crippen LogP contribution in [0.5, 0.6) is 0 Å². The summed E-state index contributed by atoms with van der Waals surface area (Å²) in [5.74, 6) is -0.720. The summed E-state index contributed by atoms with van der Waals surface area (Å²) in [6, 6.07) is 5.27. The third-order valence-corrected chi connectivity index (χ3v) is 3.26. The Bertz CT molecular complexity index is 435. The van der Waals surface area contributed by atoms with E-state index < -0.39 is 11.2 Å². The second-order valence-corrected chi connectivity index (χ2v) is 5.04. The van der Waals surface area contributed by atoms with E-state index in [-0.39, 0.29) is 23.4 Å². The lowest BCUT2D eigenvalue weighted by Gasteiger charge is -2.10. The molecule has 1 fully saturated rings. The molecule has 0 heterocycles. The summed E-state index contributed by atoms with van der Waals surface area (Å²) in [6.07, 6.45) is 2.30. The Labute approximate surface area is 109 Å². The average Bonchev–Trinajstić information content (AvgIpc) is 3.06. The third kappa shape index (κ3) is 3.58. The van der Waals surface area contributed by atoms with Crippen LogP contribution in [0.3, 0.4) is 0 Å². The van der Waals surface area contributed by atoms with Gasteiger partial charge in [-0.3, -0.25) is 4.79 Å². The largest absolute Gasteiger partial charge is 0.352 e. The van der Waals surface area contributed by atoms with Gasteiger partial charge in [0.05, 0.1) is 0 Å². The molecule has 1 aromatic rings. The minimum absolute atomic E-state index is 0.199. The summed E-state index contributed by atoms with van der Waals surface area (Å²) in [5, 5.41) is 2.39. The summed E-state index contributed by atoms with van der Waals surface area (Å²) in [4.78, 5) is 11.6. The Morgan fingerprint density at radius 2 is 2.35 bits per heavy atom. The molecule has 1 aliphatic rings. The Kier molecular flexibility index (Phi) is 3.89. The van der Waals surface area contributed by atoms with Gasteiger partial charge in [0.25, 0.3) is 0 Å². The number of hydrogen-bond donors (Lipinski definition) is 1. The van der Waals surface area contributed by atoms with Crippen molar-refractivity contribution in [3.63, 3.8) is 0 Å². The van der Waals surface area contributed by atoms with Crippen molar-refractivity contribution < 1.29 is 9.18 Å². The van der Waals surface area contributed by atoms with Crippen molar-refractivity contribution in [1.82, 2.24) is 5.32 Å². The summed E-state index contributed by atoms with van der Waals surface area (Å²) >= 11 is 11.8. The van der Waals surface area contributed by atoms with Gasteiger partial charge in [-0.15, -0.1) is 11.6 Å². The average molecular weight is 275 g/mol. The lowest BCUT2D eigenvalue weighted by atomic mass is 10.1. The predicted octanol–water partition coefficient (Wildman–Crippen LogP) is 2.71. The van der Waals surface area contributed by atoms with Crippen molar-refractivity contribution in [2.24, 2.45) is 0 Å². The lowest BCUT2D eigenvalue weighted by molar-refractivity contribution is -0.120. The first-order chi connectivity index (χ1) is 8.06. The van der Waals surface area contributed by atoms with Gasteiger partial charge in [0.2, 0.25) is 5.91 Å². The van der Waals surface area contributed by atoms with Gasteiger partial charge < -0.3 is 5.32 Å². The second kappa shape index (κ2) is 5.23. The van der Waals surface area contributed by atoms with Gasteiger partial charge >= 0.3 is 0 Å². The highest BCUT2D eigenvalue weighted by Crippen LogP contribution is 2.22. The Hall–Kier alpha value is -0.800. The molecule has 5 heteroatoms. The molecule has 0 aromatic heterocycles. The fourth-order valence-corrected chi connectivity index (χ4v) is 1.89. The number of rotatable bonds is 4. The lowest BCUT2D eigenvalue weighted by Crippen LogP contribution is -2.34. The summed E-state index contributed by atoms with van der Waals surface area (Å²) in [5.41, 5.74) is 0.624. The van der Waals surface area contributed by atoms with E-state index in [4.69, 9.17) is 23.2 Å². The van der Waals surface area contributed by atoms with Crippen LogP contribution in [0.1, 0.15) is 18.4 Å². The molecule has 0 aliphatic heterocycles. The quantitative estimate of drug-likeness (QED) is 0.841. The summed E-state index contributed by atoms with van der Waals surface area (Å²) < 4.78 is 12.8. The number of alkyl halides is 1. The highest BCUT2D eigenvalue weighted by molar-refractivity contribution is 6.32. The van der Waals surface area contributed by atoms with Gasteiger partial charge in [-0.25, -0.2) is 4.39 Å². The van der Waals surface area contributed by atoms with Gasteiger partial charge in [-0.1, -0.05) is 11.6 Å². The number of carbonyl (C=O) groups excluding carboxylic acids is 1. The van der Waals surface area contributed by atoms with Crippen molar-refractivity contribution in [1.29, 1.82) is 0 Å². The molecule has 1 atom stereocenters. The molecule has 1 N–H and O–H groups in total. The summed E-state index contributed by atoms with van der Waals surface area (Å²) in [7, 11) is 0. The molecule has 2 nitrogen and oxygen atoms in total. The smallest absolute Gasteiger partial charge is 0.238 e. The molecule has 0 bridgehead atoms. The Morgan fingerprint density at radius 1 is 1.65 bits per heavy atom. The first-order valence-corrected chi connectivity index (χ1v) is 6.18. The SMILES string of the molecule is O=C(NC1CC1)C(Cl)Cc1c[c]c(F)cc1Cl. The van der Waals surface area contributed by atoms with Crippen LogP contribution in [-0.2, 0) is 11.2 Å². The fourth-order valence-electron chi connectivity index (χ4n) is 1.43. The van der Waals surface area contributed by atoms with Crippen molar-refractivity contribution in [3.8, 4) is 0 Å². The van der Waals surface area contributed by atoms with E-state index in [0.717, 1.165) is 12.8 Å². The minimum Gasteiger partial charge on any atom is -0.352 e. The van der Waals surface area contributed by atoms with Gasteiger partial charge in [0.1, 0.15) is 11.2 Å². The molecule has 0 spiro atoms. The Balaban J connectivity index is 1.96. The van der Waals surface area contributed by atoms with Crippen molar-refractivity contribution in [2.75, 3.05) is 0 Å². The van der Waals surface area contributed by atoms with Crippen LogP contribution >= 0.6 is 23.2 Å². The minimum atomic E-state index is -0.688. The molecule has 1 unspecified atom stereocenters. The van der Waals surface area contributed by atoms with E-state index in [1.54, 1.807) is 0 Å². The van der Waals surface area contributed by atoms with Crippen molar-refractivity contribution in [3.05, 3.63) is 34.6 Å². The summed E-state index contributed by atoms with van der Waals surface area (Å²) in [6.45, 7) is 0. The number of halogens is 3. The van der Waals surface area contributed by atoms with Crippen LogP contribution in [0.4, 0.5) is 4.39 Å². The van der Waals surface area contributed by atoms with Crippen LogP contribution in [0.2, 0.25) is 5.02 Å². The first-order valence-electron chi connectivity index (χ1n) is 5.36. The maximum atomic E-state index is 12.8. The molecular weight excluding hydrogens is 264 g/mol. The van der Waals surface area contributed by atoms with E-state index >= 15 is 0 Å². The first kappa shape index (κ1) is 12.7. The normalized spacial score (nSPS) is 16.6. The van der Waals surface area contributed by atoms with Gasteiger partial charge in [-0.05, 0) is 37.0 Å². The highest BCUT2D eigenvalue weighted by Gasteiger charge is 2.26. The van der Waals surface area contributed by atoms with E-state index in [1.807, 2.05) is 0 Å². The number of amides is 1. The maximum Gasteiger partial charge on any atom is 0.238 e. The predicted molar refractivity (Wildman–Crippen MR) is 64.8 cm³/mol. The molecule has 1 amide bonds. The zero-order valence-electron chi connectivity index (χ0n) is 8.97. The zero-order chi connectivity index (χ0) is 12.4. The molecule has 1 aliphatic carbocycles. The molecule has 2 rings (SSSR count). The molecular formula is C12H11Cl2FNO. The Morgan fingerprint density at radius 3 is 2.94 bits per heavy atom. The zero-order valence-corrected chi connectivity index (χ0v) is 10.5. The van der Waals surface area contributed by atoms with Gasteiger partial charge in [-0.2, -0.15) is 0 Å². The van der Waals surface area contributed by atoms with Gasteiger partial charge in [0, 0.05) is 17.1 Å². The molecule has 91 valence electrons. The van der Waals surface area contributed by atoms with Crippen LogP contribution < -0.4 is 5.32 Å². The van der Waals surface area contributed by atoms with E-state index in [2.05, 4.69) is 11.4 Å². The number of hydrogen-bond acceptors (Lipinski definition) is 1. The van der Waals surface area contributed by atoms with Crippen LogP contribution in [-0.4, -0.2) is 17.3 Å². The molecule has 17 heavy (non-hydrogen) atoms. The van der Waals surface area contributed by atoms with E-state index in [9.17, 15) is 9.18 Å². The second-order valence-electron chi connectivity index (χ2n) is 4.11. The molecule has 1 radical (unpaired) electrons. The van der Waals surface area contributed by atoms with Gasteiger partial charge in [0.15, 0.2) is 0 Å². The van der Waals surface area contributed by atoms with Crippen LogP contribution in [0.15, 0.2) is 12.1 Å². The van der Waals surface area contributed by atoms with E-state index in [0.29, 0.717) is 5.56 Å². The maximum absolute atomic E-state index is 12.8. The van der Waals surface area contributed by atoms with Crippen molar-refractivity contribution >= 4 is 29.1 Å². The fraction of sp³-hybridized carbons (Fsp3) is 0.417. The van der Waals surface area contributed by atoms with Crippen molar-refractivity contribution in [2.45, 2.75) is 30.7 Å².